The Morgan fingerprint density at radius 3 is 2.73 bits per heavy atom. The van der Waals surface area contributed by atoms with E-state index in [9.17, 15) is 0 Å². The molecule has 2 aromatic heterocycles. The molecule has 0 aliphatic heterocycles. The molecule has 3 rings (SSSR count). The second kappa shape index (κ2) is 12.3. The Balaban J connectivity index is 0.00000320. The van der Waals surface area contributed by atoms with Crippen LogP contribution in [0.1, 0.15) is 5.82 Å². The molecule has 10 heteroatoms. The fourth-order valence-corrected chi connectivity index (χ4v) is 2.68. The quantitative estimate of drug-likeness (QED) is 0.265. The maximum atomic E-state index is 5.88. The van der Waals surface area contributed by atoms with Crippen molar-refractivity contribution in [2.75, 3.05) is 33.8 Å². The average Bonchev–Trinajstić information content (AvgIpc) is 3.22. The van der Waals surface area contributed by atoms with Crippen LogP contribution < -0.4 is 10.1 Å². The highest BCUT2D eigenvalue weighted by molar-refractivity contribution is 14.0. The van der Waals surface area contributed by atoms with Crippen LogP contribution in [-0.4, -0.2) is 59.8 Å². The van der Waals surface area contributed by atoms with Gasteiger partial charge >= 0.3 is 0 Å². The van der Waals surface area contributed by atoms with Crippen molar-refractivity contribution < 1.29 is 9.26 Å². The average molecular weight is 543 g/mol. The van der Waals surface area contributed by atoms with E-state index in [1.54, 1.807) is 25.4 Å². The van der Waals surface area contributed by atoms with Crippen molar-refractivity contribution in [3.05, 3.63) is 59.5 Å². The summed E-state index contributed by atoms with van der Waals surface area (Å²) in [5.41, 5.74) is 0.662. The number of halogens is 2. The van der Waals surface area contributed by atoms with Gasteiger partial charge < -0.3 is 19.5 Å². The third-order valence-electron chi connectivity index (χ3n) is 4.07. The predicted octanol–water partition coefficient (Wildman–Crippen LogP) is 3.53. The molecule has 0 saturated carbocycles. The number of benzene rings is 1. The number of rotatable bonds is 8. The molecule has 0 spiro atoms. The Hall–Kier alpha value is -2.40. The number of aromatic nitrogens is 3. The van der Waals surface area contributed by atoms with Crippen LogP contribution in [0.2, 0.25) is 5.02 Å². The summed E-state index contributed by atoms with van der Waals surface area (Å²) in [4.78, 5) is 14.9. The van der Waals surface area contributed by atoms with Crippen molar-refractivity contribution in [1.29, 1.82) is 0 Å². The number of ether oxygens (including phenoxy) is 1. The predicted molar refractivity (Wildman–Crippen MR) is 128 cm³/mol. The van der Waals surface area contributed by atoms with Gasteiger partial charge in [0, 0.05) is 38.3 Å². The highest BCUT2D eigenvalue weighted by atomic mass is 127. The largest absolute Gasteiger partial charge is 0.492 e. The van der Waals surface area contributed by atoms with Gasteiger partial charge in [-0.15, -0.1) is 24.0 Å². The number of likely N-dealkylation sites (N-methyl/N-ethyl adjacent to an activating group) is 1. The molecule has 8 nitrogen and oxygen atoms in total. The molecule has 0 aliphatic carbocycles. The molecule has 0 atom stereocenters. The van der Waals surface area contributed by atoms with Gasteiger partial charge in [-0.2, -0.15) is 4.98 Å². The number of aliphatic imine (C=N–C) groups is 1. The van der Waals surface area contributed by atoms with E-state index < -0.39 is 0 Å². The van der Waals surface area contributed by atoms with Gasteiger partial charge in [-0.05, 0) is 36.4 Å². The molecule has 0 saturated heterocycles. The third kappa shape index (κ3) is 7.13. The molecule has 3 aromatic rings. The van der Waals surface area contributed by atoms with E-state index in [0.29, 0.717) is 48.5 Å². The first-order valence-corrected chi connectivity index (χ1v) is 9.57. The van der Waals surface area contributed by atoms with Gasteiger partial charge in [-0.25, -0.2) is 0 Å². The minimum atomic E-state index is 0. The second-order valence-electron chi connectivity index (χ2n) is 6.18. The summed E-state index contributed by atoms with van der Waals surface area (Å²) in [5.74, 6) is 2.58. The molecule has 0 fully saturated rings. The molecule has 0 unspecified atom stereocenters. The van der Waals surface area contributed by atoms with Crippen molar-refractivity contribution in [1.82, 2.24) is 25.3 Å². The Labute approximate surface area is 197 Å². The van der Waals surface area contributed by atoms with Crippen molar-refractivity contribution in [2.24, 2.45) is 4.99 Å². The molecule has 1 N–H and O–H groups in total. The van der Waals surface area contributed by atoms with Gasteiger partial charge in [0.25, 0.3) is 5.89 Å². The summed E-state index contributed by atoms with van der Waals surface area (Å²) in [6, 6.07) is 12.9. The number of pyridine rings is 1. The first kappa shape index (κ1) is 23.9. The van der Waals surface area contributed by atoms with Gasteiger partial charge in [0.2, 0.25) is 0 Å². The molecule has 0 amide bonds. The standard InChI is InChI=1S/C20H23ClN6O2.HI/c1-22-20(27(2)13-14-28-16-8-6-15(21)7-9-16)24-12-10-18-25-19(29-26-18)17-5-3-4-11-23-17;/h3-9,11H,10,12-14H2,1-2H3,(H,22,24);1H. The number of hydrogen-bond donors (Lipinski definition) is 1. The zero-order chi connectivity index (χ0) is 20.5. The maximum Gasteiger partial charge on any atom is 0.276 e. The molecule has 0 aliphatic rings. The van der Waals surface area contributed by atoms with Crippen LogP contribution in [0.3, 0.4) is 0 Å². The van der Waals surface area contributed by atoms with E-state index in [1.807, 2.05) is 42.3 Å². The summed E-state index contributed by atoms with van der Waals surface area (Å²) in [5, 5.41) is 7.98. The SMILES string of the molecule is CN=C(NCCc1noc(-c2ccccn2)n1)N(C)CCOc1ccc(Cl)cc1.I. The molecular weight excluding hydrogens is 519 g/mol. The van der Waals surface area contributed by atoms with E-state index in [-0.39, 0.29) is 24.0 Å². The normalized spacial score (nSPS) is 11.0. The van der Waals surface area contributed by atoms with E-state index in [2.05, 4.69) is 25.4 Å². The van der Waals surface area contributed by atoms with Crippen LogP contribution in [-0.2, 0) is 6.42 Å². The lowest BCUT2D eigenvalue weighted by molar-refractivity contribution is 0.281. The Morgan fingerprint density at radius 1 is 1.23 bits per heavy atom. The number of guanidine groups is 1. The summed E-state index contributed by atoms with van der Waals surface area (Å²) in [7, 11) is 3.69. The molecule has 0 bridgehead atoms. The van der Waals surface area contributed by atoms with Gasteiger partial charge in [-0.3, -0.25) is 9.98 Å². The van der Waals surface area contributed by atoms with Gasteiger partial charge in [0.15, 0.2) is 11.8 Å². The van der Waals surface area contributed by atoms with Crippen molar-refractivity contribution in [2.45, 2.75) is 6.42 Å². The van der Waals surface area contributed by atoms with Crippen molar-refractivity contribution in [3.63, 3.8) is 0 Å². The lowest BCUT2D eigenvalue weighted by Gasteiger charge is -2.22. The molecular formula is C20H24ClIN6O2. The molecule has 160 valence electrons. The van der Waals surface area contributed by atoms with Gasteiger partial charge in [0.1, 0.15) is 18.1 Å². The minimum absolute atomic E-state index is 0. The van der Waals surface area contributed by atoms with Crippen LogP contribution in [0.4, 0.5) is 0 Å². The van der Waals surface area contributed by atoms with E-state index in [0.717, 1.165) is 11.7 Å². The highest BCUT2D eigenvalue weighted by Gasteiger charge is 2.10. The summed E-state index contributed by atoms with van der Waals surface area (Å²) < 4.78 is 11.0. The maximum absolute atomic E-state index is 5.88. The Bertz CT molecular complexity index is 921. The smallest absolute Gasteiger partial charge is 0.276 e. The summed E-state index contributed by atoms with van der Waals surface area (Å²) >= 11 is 5.88. The second-order valence-corrected chi connectivity index (χ2v) is 6.62. The number of hydrogen-bond acceptors (Lipinski definition) is 6. The van der Waals surface area contributed by atoms with Crippen LogP contribution in [0, 0.1) is 0 Å². The number of nitrogens with zero attached hydrogens (tertiary/aromatic N) is 5. The zero-order valence-corrected chi connectivity index (χ0v) is 19.9. The molecule has 1 aromatic carbocycles. The molecule has 2 heterocycles. The first-order chi connectivity index (χ1) is 14.2. The van der Waals surface area contributed by atoms with Gasteiger partial charge in [0.05, 0.1) is 6.54 Å². The van der Waals surface area contributed by atoms with Gasteiger partial charge in [-0.1, -0.05) is 22.8 Å². The molecule has 30 heavy (non-hydrogen) atoms. The van der Waals surface area contributed by atoms with Crippen molar-refractivity contribution in [3.8, 4) is 17.3 Å². The fraction of sp³-hybridized carbons (Fsp3) is 0.300. The minimum Gasteiger partial charge on any atom is -0.492 e. The van der Waals surface area contributed by atoms with E-state index in [4.69, 9.17) is 20.9 Å². The van der Waals surface area contributed by atoms with E-state index in [1.165, 1.54) is 0 Å². The fourth-order valence-electron chi connectivity index (χ4n) is 2.56. The topological polar surface area (TPSA) is 88.7 Å². The van der Waals surface area contributed by atoms with Crippen LogP contribution in [0.25, 0.3) is 11.6 Å². The van der Waals surface area contributed by atoms with E-state index >= 15 is 0 Å². The lowest BCUT2D eigenvalue weighted by atomic mass is 10.3. The van der Waals surface area contributed by atoms with Crippen molar-refractivity contribution >= 4 is 41.5 Å². The lowest BCUT2D eigenvalue weighted by Crippen LogP contribution is -2.41. The van der Waals surface area contributed by atoms with Crippen LogP contribution in [0.15, 0.2) is 58.2 Å². The highest BCUT2D eigenvalue weighted by Crippen LogP contribution is 2.15. The molecule has 0 radical (unpaired) electrons. The first-order valence-electron chi connectivity index (χ1n) is 9.20. The Morgan fingerprint density at radius 2 is 2.03 bits per heavy atom. The van der Waals surface area contributed by atoms with Crippen LogP contribution in [0.5, 0.6) is 5.75 Å². The number of nitrogens with one attached hydrogen (secondary N) is 1. The third-order valence-corrected chi connectivity index (χ3v) is 4.32. The summed E-state index contributed by atoms with van der Waals surface area (Å²) in [6.45, 7) is 1.82. The monoisotopic (exact) mass is 542 g/mol. The van der Waals surface area contributed by atoms with Crippen LogP contribution >= 0.6 is 35.6 Å². The summed E-state index contributed by atoms with van der Waals surface area (Å²) in [6.07, 6.45) is 2.29. The zero-order valence-electron chi connectivity index (χ0n) is 16.8. The Kier molecular flexibility index (Phi) is 9.81.